The van der Waals surface area contributed by atoms with E-state index in [1.165, 1.54) is 0 Å². The van der Waals surface area contributed by atoms with Crippen molar-refractivity contribution in [3.05, 3.63) is 69.4 Å². The number of fused-ring (bicyclic) bond motifs is 1. The second-order valence-corrected chi connectivity index (χ2v) is 5.91. The van der Waals surface area contributed by atoms with Gasteiger partial charge in [-0.3, -0.25) is 4.98 Å². The summed E-state index contributed by atoms with van der Waals surface area (Å²) >= 11 is 18.2. The molecule has 0 aliphatic carbocycles. The maximum absolute atomic E-state index is 6.16. The SMILES string of the molecule is Clc1cc(Cl)c(NCc2ccc3cnccc3c2)c(Cl)c1. The van der Waals surface area contributed by atoms with E-state index in [4.69, 9.17) is 34.8 Å². The first-order valence-electron chi connectivity index (χ1n) is 6.34. The van der Waals surface area contributed by atoms with E-state index in [0.29, 0.717) is 27.3 Å². The number of benzene rings is 2. The zero-order chi connectivity index (χ0) is 14.8. The maximum Gasteiger partial charge on any atom is 0.0722 e. The van der Waals surface area contributed by atoms with Gasteiger partial charge in [0.1, 0.15) is 0 Å². The number of rotatable bonds is 3. The summed E-state index contributed by atoms with van der Waals surface area (Å²) in [5.41, 5.74) is 1.83. The Hall–Kier alpha value is -1.48. The van der Waals surface area contributed by atoms with Crippen molar-refractivity contribution in [2.24, 2.45) is 0 Å². The lowest BCUT2D eigenvalue weighted by Gasteiger charge is -2.11. The van der Waals surface area contributed by atoms with E-state index in [0.717, 1.165) is 16.3 Å². The molecule has 0 amide bonds. The average molecular weight is 338 g/mol. The summed E-state index contributed by atoms with van der Waals surface area (Å²) in [6.07, 6.45) is 3.63. The van der Waals surface area contributed by atoms with Gasteiger partial charge in [0, 0.05) is 29.3 Å². The molecular formula is C16H11Cl3N2. The standard InChI is InChI=1S/C16H11Cl3N2/c17-13-6-14(18)16(15(19)7-13)21-8-10-1-2-12-9-20-4-3-11(12)5-10/h1-7,9,21H,8H2. The molecule has 0 aliphatic heterocycles. The number of hydrogen-bond donors (Lipinski definition) is 1. The molecule has 0 fully saturated rings. The minimum atomic E-state index is 0.512. The van der Waals surface area contributed by atoms with E-state index in [1.54, 1.807) is 18.3 Å². The van der Waals surface area contributed by atoms with Crippen LogP contribution in [0.2, 0.25) is 15.1 Å². The van der Waals surface area contributed by atoms with E-state index < -0.39 is 0 Å². The first-order valence-corrected chi connectivity index (χ1v) is 7.48. The zero-order valence-electron chi connectivity index (χ0n) is 10.9. The second-order valence-electron chi connectivity index (χ2n) is 4.66. The summed E-state index contributed by atoms with van der Waals surface area (Å²) in [6.45, 7) is 0.624. The Balaban J connectivity index is 1.83. The van der Waals surface area contributed by atoms with Crippen molar-refractivity contribution >= 4 is 51.3 Å². The van der Waals surface area contributed by atoms with E-state index in [-0.39, 0.29) is 0 Å². The Labute approximate surface area is 137 Å². The molecule has 3 rings (SSSR count). The Kier molecular flexibility index (Phi) is 4.20. The van der Waals surface area contributed by atoms with Gasteiger partial charge >= 0.3 is 0 Å². The van der Waals surface area contributed by atoms with Crippen molar-refractivity contribution < 1.29 is 0 Å². The lowest BCUT2D eigenvalue weighted by molar-refractivity contribution is 1.15. The Bertz CT molecular complexity index is 779. The Morgan fingerprint density at radius 3 is 2.43 bits per heavy atom. The highest BCUT2D eigenvalue weighted by Crippen LogP contribution is 2.34. The quantitative estimate of drug-likeness (QED) is 0.652. The summed E-state index contributed by atoms with van der Waals surface area (Å²) in [5, 5.41) is 7.06. The second kappa shape index (κ2) is 6.10. The molecule has 0 atom stereocenters. The van der Waals surface area contributed by atoms with Gasteiger partial charge in [0.25, 0.3) is 0 Å². The highest BCUT2D eigenvalue weighted by atomic mass is 35.5. The van der Waals surface area contributed by atoms with Crippen molar-refractivity contribution in [1.82, 2.24) is 4.98 Å². The molecule has 2 aromatic carbocycles. The minimum absolute atomic E-state index is 0.512. The topological polar surface area (TPSA) is 24.9 Å². The molecule has 1 N–H and O–H groups in total. The molecule has 0 saturated heterocycles. The van der Waals surface area contributed by atoms with Gasteiger partial charge in [0.05, 0.1) is 15.7 Å². The summed E-state index contributed by atoms with van der Waals surface area (Å²) < 4.78 is 0. The molecule has 0 aliphatic rings. The van der Waals surface area contributed by atoms with Crippen LogP contribution in [0.1, 0.15) is 5.56 Å². The number of hydrogen-bond acceptors (Lipinski definition) is 2. The minimum Gasteiger partial charge on any atom is -0.379 e. The lowest BCUT2D eigenvalue weighted by Crippen LogP contribution is -2.00. The highest BCUT2D eigenvalue weighted by Gasteiger charge is 2.07. The van der Waals surface area contributed by atoms with E-state index in [2.05, 4.69) is 22.4 Å². The third-order valence-electron chi connectivity index (χ3n) is 3.18. The Morgan fingerprint density at radius 2 is 1.67 bits per heavy atom. The molecule has 1 aromatic heterocycles. The molecular weight excluding hydrogens is 327 g/mol. The van der Waals surface area contributed by atoms with Crippen molar-refractivity contribution in [3.8, 4) is 0 Å². The van der Waals surface area contributed by atoms with Gasteiger partial charge in [-0.05, 0) is 35.2 Å². The summed E-state index contributed by atoms with van der Waals surface area (Å²) in [7, 11) is 0. The zero-order valence-corrected chi connectivity index (χ0v) is 13.2. The van der Waals surface area contributed by atoms with Gasteiger partial charge < -0.3 is 5.32 Å². The predicted molar refractivity (Wildman–Crippen MR) is 90.5 cm³/mol. The summed E-state index contributed by atoms with van der Waals surface area (Å²) in [6, 6.07) is 11.5. The molecule has 3 aromatic rings. The number of aromatic nitrogens is 1. The van der Waals surface area contributed by atoms with E-state index in [1.807, 2.05) is 18.3 Å². The average Bonchev–Trinajstić information content (AvgIpc) is 2.46. The fourth-order valence-electron chi connectivity index (χ4n) is 2.14. The number of anilines is 1. The van der Waals surface area contributed by atoms with Crippen LogP contribution < -0.4 is 5.32 Å². The first-order chi connectivity index (χ1) is 10.1. The van der Waals surface area contributed by atoms with Gasteiger partial charge in [-0.2, -0.15) is 0 Å². The van der Waals surface area contributed by atoms with Crippen molar-refractivity contribution in [1.29, 1.82) is 0 Å². The maximum atomic E-state index is 6.16. The van der Waals surface area contributed by atoms with Crippen LogP contribution in [0.5, 0.6) is 0 Å². The molecule has 0 radical (unpaired) electrons. The monoisotopic (exact) mass is 336 g/mol. The summed E-state index contributed by atoms with van der Waals surface area (Å²) in [4.78, 5) is 4.10. The van der Waals surface area contributed by atoms with Gasteiger partial charge in [-0.25, -0.2) is 0 Å². The molecule has 5 heteroatoms. The number of nitrogens with one attached hydrogen (secondary N) is 1. The molecule has 0 spiro atoms. The van der Waals surface area contributed by atoms with Crippen molar-refractivity contribution in [2.75, 3.05) is 5.32 Å². The van der Waals surface area contributed by atoms with Gasteiger partial charge in [-0.1, -0.05) is 46.9 Å². The fourth-order valence-corrected chi connectivity index (χ4v) is 3.09. The van der Waals surface area contributed by atoms with Crippen LogP contribution in [-0.4, -0.2) is 4.98 Å². The van der Waals surface area contributed by atoms with Crippen LogP contribution in [0.15, 0.2) is 48.8 Å². The molecule has 1 heterocycles. The molecule has 2 nitrogen and oxygen atoms in total. The number of halogens is 3. The van der Waals surface area contributed by atoms with Gasteiger partial charge in [-0.15, -0.1) is 0 Å². The highest BCUT2D eigenvalue weighted by molar-refractivity contribution is 6.41. The third-order valence-corrected chi connectivity index (χ3v) is 4.00. The molecule has 106 valence electrons. The van der Waals surface area contributed by atoms with Crippen LogP contribution in [-0.2, 0) is 6.54 Å². The van der Waals surface area contributed by atoms with Gasteiger partial charge in [0.2, 0.25) is 0 Å². The molecule has 0 bridgehead atoms. The third kappa shape index (κ3) is 3.24. The summed E-state index contributed by atoms with van der Waals surface area (Å²) in [5.74, 6) is 0. The predicted octanol–water partition coefficient (Wildman–Crippen LogP) is 5.81. The molecule has 0 unspecified atom stereocenters. The first kappa shape index (κ1) is 14.5. The van der Waals surface area contributed by atoms with E-state index >= 15 is 0 Å². The van der Waals surface area contributed by atoms with Crippen LogP contribution in [0.25, 0.3) is 10.8 Å². The van der Waals surface area contributed by atoms with Crippen LogP contribution in [0, 0.1) is 0 Å². The van der Waals surface area contributed by atoms with Crippen LogP contribution in [0.4, 0.5) is 5.69 Å². The largest absolute Gasteiger partial charge is 0.379 e. The fraction of sp³-hybridized carbons (Fsp3) is 0.0625. The van der Waals surface area contributed by atoms with Crippen LogP contribution in [0.3, 0.4) is 0 Å². The lowest BCUT2D eigenvalue weighted by atomic mass is 10.1. The molecule has 0 saturated carbocycles. The van der Waals surface area contributed by atoms with Crippen LogP contribution >= 0.6 is 34.8 Å². The van der Waals surface area contributed by atoms with Crippen molar-refractivity contribution in [2.45, 2.75) is 6.54 Å². The molecule has 21 heavy (non-hydrogen) atoms. The Morgan fingerprint density at radius 1 is 0.905 bits per heavy atom. The number of nitrogens with zero attached hydrogens (tertiary/aromatic N) is 1. The number of pyridine rings is 1. The normalized spacial score (nSPS) is 10.8. The van der Waals surface area contributed by atoms with Crippen molar-refractivity contribution in [3.63, 3.8) is 0 Å². The van der Waals surface area contributed by atoms with E-state index in [9.17, 15) is 0 Å². The smallest absolute Gasteiger partial charge is 0.0722 e. The van der Waals surface area contributed by atoms with Gasteiger partial charge in [0.15, 0.2) is 0 Å².